The number of carbonyl (C=O) groups is 1. The van der Waals surface area contributed by atoms with Crippen molar-refractivity contribution in [1.29, 1.82) is 0 Å². The maximum absolute atomic E-state index is 12.4. The van der Waals surface area contributed by atoms with Crippen molar-refractivity contribution in [3.63, 3.8) is 0 Å². The van der Waals surface area contributed by atoms with Crippen LogP contribution in [0.4, 0.5) is 22.0 Å². The van der Waals surface area contributed by atoms with Crippen molar-refractivity contribution in [3.8, 4) is 0 Å². The van der Waals surface area contributed by atoms with Gasteiger partial charge in [0.25, 0.3) is 0 Å². The van der Waals surface area contributed by atoms with Gasteiger partial charge in [0.15, 0.2) is 6.10 Å². The molecule has 102 valence electrons. The number of halogens is 5. The summed E-state index contributed by atoms with van der Waals surface area (Å²) in [7, 11) is 0. The molecule has 1 atom stereocenters. The molecule has 1 N–H and O–H groups in total. The Morgan fingerprint density at radius 3 is 2.18 bits per heavy atom. The van der Waals surface area contributed by atoms with Gasteiger partial charge >= 0.3 is 18.1 Å². The van der Waals surface area contributed by atoms with E-state index in [0.29, 0.717) is 12.8 Å². The molecule has 8 heteroatoms. The highest BCUT2D eigenvalue weighted by Gasteiger charge is 2.58. The molecule has 0 rings (SSSR count). The van der Waals surface area contributed by atoms with Crippen LogP contribution in [0.1, 0.15) is 26.2 Å². The van der Waals surface area contributed by atoms with Crippen LogP contribution in [0.2, 0.25) is 0 Å². The first kappa shape index (κ1) is 16.1. The molecule has 0 spiro atoms. The fourth-order valence-corrected chi connectivity index (χ4v) is 0.955. The molecule has 17 heavy (non-hydrogen) atoms. The average molecular weight is 264 g/mol. The van der Waals surface area contributed by atoms with E-state index < -0.39 is 30.8 Å². The number of carboxylic acid groups (broad SMARTS) is 1. The molecule has 0 aromatic heterocycles. The summed E-state index contributed by atoms with van der Waals surface area (Å²) < 4.78 is 64.3. The lowest BCUT2D eigenvalue weighted by molar-refractivity contribution is -0.299. The standard InChI is InChI=1S/C9H13F5O3/c1-2-3-4-6(7(15)16)17-5-8(10,11)9(12,13)14/h6H,2-5H2,1H3,(H,15,16). The van der Waals surface area contributed by atoms with Crippen molar-refractivity contribution in [1.82, 2.24) is 0 Å². The van der Waals surface area contributed by atoms with E-state index in [4.69, 9.17) is 5.11 Å². The summed E-state index contributed by atoms with van der Waals surface area (Å²) in [5.41, 5.74) is 0. The van der Waals surface area contributed by atoms with Gasteiger partial charge in [-0.1, -0.05) is 19.8 Å². The van der Waals surface area contributed by atoms with Gasteiger partial charge in [-0.2, -0.15) is 22.0 Å². The van der Waals surface area contributed by atoms with Gasteiger partial charge in [0.05, 0.1) is 0 Å². The van der Waals surface area contributed by atoms with E-state index >= 15 is 0 Å². The fourth-order valence-electron chi connectivity index (χ4n) is 0.955. The van der Waals surface area contributed by atoms with E-state index in [1.807, 2.05) is 0 Å². The first-order valence-electron chi connectivity index (χ1n) is 4.90. The SMILES string of the molecule is CCCCC(OCC(F)(F)C(F)(F)F)C(=O)O. The number of unbranched alkanes of at least 4 members (excludes halogenated alkanes) is 1. The van der Waals surface area contributed by atoms with Crippen molar-refractivity contribution in [2.45, 2.75) is 44.4 Å². The molecule has 0 aliphatic heterocycles. The van der Waals surface area contributed by atoms with Gasteiger partial charge in [0.1, 0.15) is 6.61 Å². The first-order valence-corrected chi connectivity index (χ1v) is 4.90. The summed E-state index contributed by atoms with van der Waals surface area (Å²) in [6, 6.07) is 0. The molecule has 0 radical (unpaired) electrons. The minimum absolute atomic E-state index is 0.0974. The number of hydrogen-bond donors (Lipinski definition) is 1. The van der Waals surface area contributed by atoms with Crippen LogP contribution in [-0.4, -0.2) is 35.9 Å². The van der Waals surface area contributed by atoms with Crippen LogP contribution >= 0.6 is 0 Å². The van der Waals surface area contributed by atoms with Gasteiger partial charge in [-0.3, -0.25) is 0 Å². The second kappa shape index (κ2) is 6.13. The topological polar surface area (TPSA) is 46.5 Å². The first-order chi connectivity index (χ1) is 7.62. The van der Waals surface area contributed by atoms with E-state index in [1.165, 1.54) is 0 Å². The Bertz CT molecular complexity index is 252. The van der Waals surface area contributed by atoms with Gasteiger partial charge in [-0.25, -0.2) is 4.79 Å². The fraction of sp³-hybridized carbons (Fsp3) is 0.889. The Morgan fingerprint density at radius 2 is 1.82 bits per heavy atom. The lowest BCUT2D eigenvalue weighted by atomic mass is 10.1. The van der Waals surface area contributed by atoms with Gasteiger partial charge in [0.2, 0.25) is 0 Å². The predicted octanol–water partition coefficient (Wildman–Crippen LogP) is 2.84. The molecule has 0 aromatic rings. The van der Waals surface area contributed by atoms with Crippen LogP contribution in [-0.2, 0) is 9.53 Å². The third-order valence-corrected chi connectivity index (χ3v) is 1.98. The molecule has 3 nitrogen and oxygen atoms in total. The molecule has 0 fully saturated rings. The number of hydrogen-bond acceptors (Lipinski definition) is 2. The molecule has 0 saturated carbocycles. The second-order valence-electron chi connectivity index (χ2n) is 3.48. The monoisotopic (exact) mass is 264 g/mol. The minimum Gasteiger partial charge on any atom is -0.479 e. The predicted molar refractivity (Wildman–Crippen MR) is 47.9 cm³/mol. The van der Waals surface area contributed by atoms with Crippen molar-refractivity contribution >= 4 is 5.97 Å². The van der Waals surface area contributed by atoms with E-state index in [1.54, 1.807) is 6.92 Å². The molecular weight excluding hydrogens is 251 g/mol. The third kappa shape index (κ3) is 5.29. The van der Waals surface area contributed by atoms with Crippen LogP contribution in [0.25, 0.3) is 0 Å². The van der Waals surface area contributed by atoms with Gasteiger partial charge in [-0.05, 0) is 6.42 Å². The number of carboxylic acids is 1. The zero-order chi connectivity index (χ0) is 13.7. The second-order valence-corrected chi connectivity index (χ2v) is 3.48. The molecule has 0 saturated heterocycles. The molecule has 0 aliphatic carbocycles. The molecule has 0 amide bonds. The van der Waals surface area contributed by atoms with Crippen molar-refractivity contribution in [2.24, 2.45) is 0 Å². The van der Waals surface area contributed by atoms with E-state index in [9.17, 15) is 26.7 Å². The maximum Gasteiger partial charge on any atom is 0.455 e. The van der Waals surface area contributed by atoms with Crippen molar-refractivity contribution in [3.05, 3.63) is 0 Å². The molecule has 0 heterocycles. The largest absolute Gasteiger partial charge is 0.479 e. The number of alkyl halides is 5. The Balaban J connectivity index is 4.35. The molecular formula is C9H13F5O3. The van der Waals surface area contributed by atoms with Crippen LogP contribution in [0.15, 0.2) is 0 Å². The summed E-state index contributed by atoms with van der Waals surface area (Å²) >= 11 is 0. The molecule has 0 aliphatic rings. The number of aliphatic carboxylic acids is 1. The van der Waals surface area contributed by atoms with E-state index in [0.717, 1.165) is 0 Å². The summed E-state index contributed by atoms with van der Waals surface area (Å²) in [6.07, 6.45) is -6.51. The average Bonchev–Trinajstić information content (AvgIpc) is 2.15. The van der Waals surface area contributed by atoms with Crippen LogP contribution in [0.3, 0.4) is 0 Å². The summed E-state index contributed by atoms with van der Waals surface area (Å²) in [4.78, 5) is 10.5. The minimum atomic E-state index is -5.74. The highest BCUT2D eigenvalue weighted by Crippen LogP contribution is 2.35. The van der Waals surface area contributed by atoms with Crippen LogP contribution in [0.5, 0.6) is 0 Å². The number of rotatable bonds is 7. The molecule has 1 unspecified atom stereocenters. The van der Waals surface area contributed by atoms with Gasteiger partial charge in [0, 0.05) is 0 Å². The quantitative estimate of drug-likeness (QED) is 0.719. The lowest BCUT2D eigenvalue weighted by Gasteiger charge is -2.21. The zero-order valence-corrected chi connectivity index (χ0v) is 9.06. The lowest BCUT2D eigenvalue weighted by Crippen LogP contribution is -2.42. The van der Waals surface area contributed by atoms with E-state index in [-0.39, 0.29) is 6.42 Å². The summed E-state index contributed by atoms with van der Waals surface area (Å²) in [5.74, 6) is -6.58. The Morgan fingerprint density at radius 1 is 1.29 bits per heavy atom. The van der Waals surface area contributed by atoms with E-state index in [2.05, 4.69) is 4.74 Å². The van der Waals surface area contributed by atoms with Gasteiger partial charge < -0.3 is 9.84 Å². The normalized spacial score (nSPS) is 14.7. The van der Waals surface area contributed by atoms with Crippen molar-refractivity contribution < 1.29 is 36.6 Å². The molecule has 0 aromatic carbocycles. The van der Waals surface area contributed by atoms with Crippen LogP contribution < -0.4 is 0 Å². The van der Waals surface area contributed by atoms with Crippen LogP contribution in [0, 0.1) is 0 Å². The number of ether oxygens (including phenoxy) is 1. The smallest absolute Gasteiger partial charge is 0.455 e. The Labute approximate surface area is 94.6 Å². The Hall–Kier alpha value is -0.920. The highest BCUT2D eigenvalue weighted by atomic mass is 19.4. The maximum atomic E-state index is 12.4. The summed E-state index contributed by atoms with van der Waals surface area (Å²) in [6.45, 7) is -0.250. The third-order valence-electron chi connectivity index (χ3n) is 1.98. The zero-order valence-electron chi connectivity index (χ0n) is 9.06. The van der Waals surface area contributed by atoms with Crippen molar-refractivity contribution in [2.75, 3.05) is 6.61 Å². The molecule has 0 bridgehead atoms. The summed E-state index contributed by atoms with van der Waals surface area (Å²) in [5, 5.41) is 8.55. The van der Waals surface area contributed by atoms with Gasteiger partial charge in [-0.15, -0.1) is 0 Å². The highest BCUT2D eigenvalue weighted by molar-refractivity contribution is 5.72. The Kier molecular flexibility index (Phi) is 5.80.